The van der Waals surface area contributed by atoms with Gasteiger partial charge in [0.1, 0.15) is 5.69 Å². The molecule has 1 N–H and O–H groups in total. The van der Waals surface area contributed by atoms with Crippen LogP contribution >= 0.6 is 34.8 Å². The predicted molar refractivity (Wildman–Crippen MR) is 59.3 cm³/mol. The summed E-state index contributed by atoms with van der Waals surface area (Å²) >= 11 is 17.4. The van der Waals surface area contributed by atoms with Gasteiger partial charge in [-0.15, -0.1) is 0 Å². The second kappa shape index (κ2) is 4.58. The molecule has 1 saturated heterocycles. The summed E-state index contributed by atoms with van der Waals surface area (Å²) in [7, 11) is 0. The zero-order valence-electron chi connectivity index (χ0n) is 7.87. The van der Waals surface area contributed by atoms with Gasteiger partial charge in [0, 0.05) is 0 Å². The molecule has 0 atom stereocenters. The second-order valence-electron chi connectivity index (χ2n) is 2.85. The highest BCUT2D eigenvalue weighted by atomic mass is 35.5. The maximum atomic E-state index is 11.0. The number of anilines is 1. The van der Waals surface area contributed by atoms with E-state index in [4.69, 9.17) is 34.8 Å². The SMILES string of the molecule is O=C1ONN(c2ccc(Cl)c(Cl)c2Cl)OC1=O. The number of nitrogens with zero attached hydrogens (tertiary/aromatic N) is 1. The van der Waals surface area contributed by atoms with Gasteiger partial charge in [-0.3, -0.25) is 0 Å². The van der Waals surface area contributed by atoms with Gasteiger partial charge in [-0.25, -0.2) is 9.59 Å². The van der Waals surface area contributed by atoms with Crippen molar-refractivity contribution in [1.29, 1.82) is 0 Å². The van der Waals surface area contributed by atoms with Crippen LogP contribution in [0.1, 0.15) is 0 Å². The monoisotopic (exact) mass is 296 g/mol. The van der Waals surface area contributed by atoms with Crippen molar-refractivity contribution in [2.24, 2.45) is 0 Å². The van der Waals surface area contributed by atoms with Crippen molar-refractivity contribution >= 4 is 52.4 Å². The Hall–Kier alpha value is -1.21. The van der Waals surface area contributed by atoms with Gasteiger partial charge in [0.05, 0.1) is 15.1 Å². The molecule has 0 saturated carbocycles. The Morgan fingerprint density at radius 1 is 1.06 bits per heavy atom. The average Bonchev–Trinajstić information content (AvgIpc) is 2.30. The van der Waals surface area contributed by atoms with Crippen molar-refractivity contribution in [3.63, 3.8) is 0 Å². The van der Waals surface area contributed by atoms with Crippen molar-refractivity contribution in [2.45, 2.75) is 0 Å². The molecule has 6 nitrogen and oxygen atoms in total. The molecule has 0 aromatic heterocycles. The van der Waals surface area contributed by atoms with Gasteiger partial charge in [-0.05, 0) is 17.7 Å². The van der Waals surface area contributed by atoms with E-state index in [1.165, 1.54) is 12.1 Å². The van der Waals surface area contributed by atoms with E-state index in [1.807, 2.05) is 0 Å². The van der Waals surface area contributed by atoms with E-state index in [1.54, 1.807) is 0 Å². The lowest BCUT2D eigenvalue weighted by Crippen LogP contribution is -2.49. The first-order valence-corrected chi connectivity index (χ1v) is 5.26. The normalized spacial score (nSPS) is 15.6. The van der Waals surface area contributed by atoms with Crippen LogP contribution < -0.4 is 10.8 Å². The van der Waals surface area contributed by atoms with E-state index < -0.39 is 11.9 Å². The van der Waals surface area contributed by atoms with E-state index in [9.17, 15) is 9.59 Å². The first kappa shape index (κ1) is 12.3. The van der Waals surface area contributed by atoms with Crippen molar-refractivity contribution < 1.29 is 19.3 Å². The smallest absolute Gasteiger partial charge is 0.338 e. The van der Waals surface area contributed by atoms with Crippen LogP contribution in [-0.4, -0.2) is 11.9 Å². The minimum atomic E-state index is -1.19. The van der Waals surface area contributed by atoms with Gasteiger partial charge >= 0.3 is 11.9 Å². The number of hydrogen-bond donors (Lipinski definition) is 1. The van der Waals surface area contributed by atoms with Crippen LogP contribution in [0.25, 0.3) is 0 Å². The van der Waals surface area contributed by atoms with Crippen molar-refractivity contribution in [1.82, 2.24) is 5.59 Å². The Morgan fingerprint density at radius 3 is 2.41 bits per heavy atom. The number of benzene rings is 1. The number of carbonyl (C=O) groups is 2. The van der Waals surface area contributed by atoms with Crippen molar-refractivity contribution in [3.05, 3.63) is 27.2 Å². The second-order valence-corrected chi connectivity index (χ2v) is 4.01. The molecule has 1 aromatic rings. The Kier molecular flexibility index (Phi) is 3.30. The van der Waals surface area contributed by atoms with Crippen LogP contribution in [0.5, 0.6) is 0 Å². The number of rotatable bonds is 1. The summed E-state index contributed by atoms with van der Waals surface area (Å²) < 4.78 is 0. The lowest BCUT2D eigenvalue weighted by Gasteiger charge is -2.26. The third-order valence-electron chi connectivity index (χ3n) is 1.80. The standard InChI is InChI=1S/C8H3Cl3N2O4/c9-3-1-2-4(6(11)5(3)10)13-12-16-7(14)8(15)17-13/h1-2,12H. The third-order valence-corrected chi connectivity index (χ3v) is 3.08. The summed E-state index contributed by atoms with van der Waals surface area (Å²) in [6.07, 6.45) is 0. The minimum Gasteiger partial charge on any atom is -0.338 e. The maximum Gasteiger partial charge on any atom is 0.444 e. The summed E-state index contributed by atoms with van der Waals surface area (Å²) in [5.41, 5.74) is 2.23. The fourth-order valence-corrected chi connectivity index (χ4v) is 1.64. The summed E-state index contributed by atoms with van der Waals surface area (Å²) in [5, 5.41) is 1.12. The van der Waals surface area contributed by atoms with Gasteiger partial charge in [-0.1, -0.05) is 40.0 Å². The van der Waals surface area contributed by atoms with Crippen molar-refractivity contribution in [2.75, 3.05) is 5.17 Å². The zero-order chi connectivity index (χ0) is 12.6. The third kappa shape index (κ3) is 2.25. The van der Waals surface area contributed by atoms with Gasteiger partial charge in [0.2, 0.25) is 0 Å². The molecule has 0 amide bonds. The fraction of sp³-hybridized carbons (Fsp3) is 0. The molecule has 0 aliphatic carbocycles. The lowest BCUT2D eigenvalue weighted by atomic mass is 10.3. The van der Waals surface area contributed by atoms with Crippen LogP contribution in [0.15, 0.2) is 12.1 Å². The minimum absolute atomic E-state index is 0.0393. The zero-order valence-corrected chi connectivity index (χ0v) is 10.1. The molecular weight excluding hydrogens is 294 g/mol. The van der Waals surface area contributed by atoms with Crippen LogP contribution in [0.4, 0.5) is 5.69 Å². The Balaban J connectivity index is 2.32. The molecule has 1 aliphatic heterocycles. The van der Waals surface area contributed by atoms with Gasteiger partial charge in [0.25, 0.3) is 0 Å². The molecule has 0 bridgehead atoms. The van der Waals surface area contributed by atoms with E-state index in [2.05, 4.69) is 15.3 Å². The highest BCUT2D eigenvalue weighted by molar-refractivity contribution is 6.49. The van der Waals surface area contributed by atoms with Crippen molar-refractivity contribution in [3.8, 4) is 0 Å². The number of hydrazine groups is 1. The first-order valence-electron chi connectivity index (χ1n) is 4.13. The Bertz CT molecular complexity index is 508. The quantitative estimate of drug-likeness (QED) is 0.630. The molecule has 17 heavy (non-hydrogen) atoms. The molecule has 0 unspecified atom stereocenters. The van der Waals surface area contributed by atoms with Gasteiger partial charge in [0.15, 0.2) is 0 Å². The lowest BCUT2D eigenvalue weighted by molar-refractivity contribution is -0.192. The molecule has 2 rings (SSSR count). The molecule has 1 heterocycles. The number of carbonyl (C=O) groups excluding carboxylic acids is 2. The van der Waals surface area contributed by atoms with Gasteiger partial charge < -0.3 is 9.68 Å². The maximum absolute atomic E-state index is 11.0. The first-order chi connectivity index (χ1) is 8.00. The highest BCUT2D eigenvalue weighted by Crippen LogP contribution is 2.37. The fourth-order valence-electron chi connectivity index (χ4n) is 1.03. The molecule has 0 radical (unpaired) electrons. The van der Waals surface area contributed by atoms with Crippen LogP contribution in [0.2, 0.25) is 15.1 Å². The van der Waals surface area contributed by atoms with E-state index in [0.29, 0.717) is 0 Å². The van der Waals surface area contributed by atoms with E-state index in [-0.39, 0.29) is 20.8 Å². The number of nitrogens with one attached hydrogen (secondary N) is 1. The molecule has 1 aliphatic rings. The molecule has 90 valence electrons. The predicted octanol–water partition coefficient (Wildman–Crippen LogP) is 1.89. The van der Waals surface area contributed by atoms with E-state index >= 15 is 0 Å². The molecule has 1 fully saturated rings. The van der Waals surface area contributed by atoms with E-state index in [0.717, 1.165) is 5.17 Å². The van der Waals surface area contributed by atoms with Crippen LogP contribution in [0, 0.1) is 0 Å². The summed E-state index contributed by atoms with van der Waals surface area (Å²) in [4.78, 5) is 30.6. The van der Waals surface area contributed by atoms with Gasteiger partial charge in [-0.2, -0.15) is 0 Å². The topological polar surface area (TPSA) is 67.9 Å². The largest absolute Gasteiger partial charge is 0.444 e. The molecule has 9 heteroatoms. The Morgan fingerprint density at radius 2 is 1.76 bits per heavy atom. The van der Waals surface area contributed by atoms with Crippen LogP contribution in [-0.2, 0) is 19.3 Å². The molecular formula is C8H3Cl3N2O4. The summed E-state index contributed by atoms with van der Waals surface area (Å²) in [6.45, 7) is 0. The number of hydrogen-bond acceptors (Lipinski definition) is 6. The summed E-state index contributed by atoms with van der Waals surface area (Å²) in [6, 6.07) is 2.87. The Labute approximate surface area is 110 Å². The number of halogens is 3. The highest BCUT2D eigenvalue weighted by Gasteiger charge is 2.30. The molecule has 1 aromatic carbocycles. The average molecular weight is 297 g/mol. The summed E-state index contributed by atoms with van der Waals surface area (Å²) in [5.74, 6) is -2.36. The van der Waals surface area contributed by atoms with Crippen LogP contribution in [0.3, 0.4) is 0 Å². The molecule has 0 spiro atoms.